The van der Waals surface area contributed by atoms with Gasteiger partial charge in [-0.3, -0.25) is 14.6 Å². The lowest BCUT2D eigenvalue weighted by Gasteiger charge is -2.32. The first kappa shape index (κ1) is 30.2. The molecule has 0 radical (unpaired) electrons. The fraction of sp³-hybridized carbons (Fsp3) is 0.294. The molecule has 0 fully saturated rings. The Morgan fingerprint density at radius 3 is 2.57 bits per heavy atom. The van der Waals surface area contributed by atoms with Crippen molar-refractivity contribution in [2.45, 2.75) is 51.7 Å². The Morgan fingerprint density at radius 2 is 1.91 bits per heavy atom. The summed E-state index contributed by atoms with van der Waals surface area (Å²) in [4.78, 5) is 29.1. The maximum absolute atomic E-state index is 13.8. The summed E-state index contributed by atoms with van der Waals surface area (Å²) in [7, 11) is 1.81. The highest BCUT2D eigenvalue weighted by Crippen LogP contribution is 2.27. The molecule has 2 amide bonds. The van der Waals surface area contributed by atoms with E-state index in [0.717, 1.165) is 40.9 Å². The van der Waals surface area contributed by atoms with Gasteiger partial charge in [-0.25, -0.2) is 14.8 Å². The Balaban J connectivity index is 1.35. The minimum absolute atomic E-state index is 0.0867. The van der Waals surface area contributed by atoms with Gasteiger partial charge < -0.3 is 10.6 Å². The summed E-state index contributed by atoms with van der Waals surface area (Å²) in [5.41, 5.74) is 5.65. The van der Waals surface area contributed by atoms with Crippen LogP contribution in [0.1, 0.15) is 49.8 Å². The fourth-order valence-corrected chi connectivity index (χ4v) is 5.32. The number of aliphatic imine (C=N–C) groups is 1. The Labute approximate surface area is 258 Å². The van der Waals surface area contributed by atoms with Crippen LogP contribution >= 0.6 is 0 Å². The largest absolute Gasteiger partial charge is 0.354 e. The Kier molecular flexibility index (Phi) is 9.77. The molecule has 2 unspecified atom stereocenters. The van der Waals surface area contributed by atoms with Crippen molar-refractivity contribution < 1.29 is 4.79 Å². The minimum Gasteiger partial charge on any atom is -0.354 e. The maximum Gasteiger partial charge on any atom is 0.322 e. The molecular weight excluding hydrogens is 550 g/mol. The second-order valence-corrected chi connectivity index (χ2v) is 10.8. The molecule has 2 aromatic heterocycles. The van der Waals surface area contributed by atoms with Crippen molar-refractivity contribution in [1.29, 1.82) is 5.26 Å². The summed E-state index contributed by atoms with van der Waals surface area (Å²) < 4.78 is 1.68. The summed E-state index contributed by atoms with van der Waals surface area (Å²) in [5.74, 6) is 0.417. The molecule has 2 aromatic carbocycles. The number of nitrogens with one attached hydrogen (secondary N) is 2. The highest BCUT2D eigenvalue weighted by atomic mass is 16.2. The number of aryl methyl sites for hydroxylation is 1. The Hall–Kier alpha value is -5.30. The van der Waals surface area contributed by atoms with Gasteiger partial charge in [-0.15, -0.1) is 0 Å². The van der Waals surface area contributed by atoms with Crippen LogP contribution in [0.3, 0.4) is 0 Å². The van der Waals surface area contributed by atoms with E-state index >= 15 is 0 Å². The molecule has 5 rings (SSSR count). The van der Waals surface area contributed by atoms with Crippen LogP contribution in [0.25, 0.3) is 17.0 Å². The van der Waals surface area contributed by atoms with Gasteiger partial charge in [-0.1, -0.05) is 61.9 Å². The lowest BCUT2D eigenvalue weighted by molar-refractivity contribution is 0.242. The van der Waals surface area contributed by atoms with Crippen molar-refractivity contribution in [3.8, 4) is 17.5 Å². The fourth-order valence-electron chi connectivity index (χ4n) is 5.32. The van der Waals surface area contributed by atoms with Gasteiger partial charge >= 0.3 is 6.03 Å². The summed E-state index contributed by atoms with van der Waals surface area (Å²) >= 11 is 0. The summed E-state index contributed by atoms with van der Waals surface area (Å²) in [6.45, 7) is 5.15. The molecule has 0 saturated carbocycles. The standard InChI is InChI=1S/C34H37N9O/c1-4-8-29(15-17-36-33-38-23-28(20-35)32(41-33)31-16-18-40-42(31)3)43(34(44)39-21-25-9-6-5-7-10-25)30-13-11-26(12-14-30)27-19-24(2)37-22-27/h5-7,9-14,16,18-19,22-24,29H,4,8,15,17,21H2,1-3H3,(H,39,44)(H,36,38,41). The second kappa shape index (κ2) is 14.2. The summed E-state index contributed by atoms with van der Waals surface area (Å²) in [6.07, 6.45) is 9.61. The van der Waals surface area contributed by atoms with E-state index in [4.69, 9.17) is 0 Å². The van der Waals surface area contributed by atoms with Crippen molar-refractivity contribution in [1.82, 2.24) is 25.1 Å². The number of hydrogen-bond donors (Lipinski definition) is 2. The lowest BCUT2D eigenvalue weighted by Crippen LogP contribution is -2.47. The third-order valence-corrected chi connectivity index (χ3v) is 7.57. The number of anilines is 2. The average molecular weight is 588 g/mol. The lowest BCUT2D eigenvalue weighted by atomic mass is 10.0. The van der Waals surface area contributed by atoms with Crippen LogP contribution in [0.4, 0.5) is 16.4 Å². The van der Waals surface area contributed by atoms with Crippen molar-refractivity contribution in [3.05, 3.63) is 95.8 Å². The van der Waals surface area contributed by atoms with Crippen molar-refractivity contribution in [2.75, 3.05) is 16.8 Å². The first-order valence-electron chi connectivity index (χ1n) is 14.9. The van der Waals surface area contributed by atoms with Crippen LogP contribution in [0.5, 0.6) is 0 Å². The SMILES string of the molecule is CCCC(CCNc1ncc(C#N)c(-c2ccnn2C)n1)N(C(=O)NCc1ccccc1)c1ccc(C2=CC(C)N=C2)cc1. The summed E-state index contributed by atoms with van der Waals surface area (Å²) in [5, 5.41) is 20.3. The number of carbonyl (C=O) groups excluding carboxylic acids is 1. The zero-order valence-electron chi connectivity index (χ0n) is 25.3. The normalized spacial score (nSPS) is 14.5. The van der Waals surface area contributed by atoms with Crippen LogP contribution in [0.2, 0.25) is 0 Å². The van der Waals surface area contributed by atoms with Crippen LogP contribution in [-0.2, 0) is 13.6 Å². The van der Waals surface area contributed by atoms with E-state index in [1.165, 1.54) is 6.20 Å². The van der Waals surface area contributed by atoms with Crippen molar-refractivity contribution >= 4 is 29.5 Å². The maximum atomic E-state index is 13.8. The number of hydrogen-bond acceptors (Lipinski definition) is 7. The van der Waals surface area contributed by atoms with Gasteiger partial charge in [-0.05, 0) is 54.7 Å². The first-order valence-corrected chi connectivity index (χ1v) is 14.9. The monoisotopic (exact) mass is 587 g/mol. The molecule has 3 heterocycles. The van der Waals surface area contributed by atoms with E-state index in [-0.39, 0.29) is 18.1 Å². The molecule has 224 valence electrons. The third kappa shape index (κ3) is 7.18. The van der Waals surface area contributed by atoms with Gasteiger partial charge in [0.25, 0.3) is 0 Å². The van der Waals surface area contributed by atoms with Crippen LogP contribution in [-0.4, -0.2) is 50.6 Å². The molecule has 2 N–H and O–H groups in total. The van der Waals surface area contributed by atoms with E-state index in [2.05, 4.69) is 68.8 Å². The number of benzene rings is 2. The molecule has 10 nitrogen and oxygen atoms in total. The number of nitrogens with zero attached hydrogens (tertiary/aromatic N) is 7. The molecule has 0 aliphatic carbocycles. The van der Waals surface area contributed by atoms with Crippen molar-refractivity contribution in [2.24, 2.45) is 12.0 Å². The second-order valence-electron chi connectivity index (χ2n) is 10.8. The molecule has 1 aliphatic heterocycles. The van der Waals surface area contributed by atoms with Gasteiger partial charge in [0.05, 0.1) is 23.5 Å². The molecule has 4 aromatic rings. The minimum atomic E-state index is -0.150. The van der Waals surface area contributed by atoms with Gasteiger partial charge in [0.2, 0.25) is 5.95 Å². The molecule has 0 spiro atoms. The predicted octanol–water partition coefficient (Wildman–Crippen LogP) is 5.99. The molecule has 1 aliphatic rings. The Bertz CT molecular complexity index is 1670. The zero-order valence-corrected chi connectivity index (χ0v) is 25.3. The number of aromatic nitrogens is 4. The van der Waals surface area contributed by atoms with E-state index in [0.29, 0.717) is 36.7 Å². The molecule has 0 saturated heterocycles. The summed E-state index contributed by atoms with van der Waals surface area (Å²) in [6, 6.07) is 21.9. The highest BCUT2D eigenvalue weighted by molar-refractivity contribution is 6.12. The molecule has 2 atom stereocenters. The van der Waals surface area contributed by atoms with Gasteiger partial charge in [-0.2, -0.15) is 10.4 Å². The number of carbonyl (C=O) groups is 1. The predicted molar refractivity (Wildman–Crippen MR) is 174 cm³/mol. The van der Waals surface area contributed by atoms with Crippen LogP contribution in [0, 0.1) is 11.3 Å². The van der Waals surface area contributed by atoms with E-state index < -0.39 is 0 Å². The van der Waals surface area contributed by atoms with Gasteiger partial charge in [0, 0.05) is 44.3 Å². The third-order valence-electron chi connectivity index (χ3n) is 7.57. The topological polar surface area (TPSA) is 124 Å². The number of rotatable bonds is 12. The van der Waals surface area contributed by atoms with E-state index in [1.807, 2.05) is 66.7 Å². The molecule has 10 heteroatoms. The highest BCUT2D eigenvalue weighted by Gasteiger charge is 2.25. The smallest absolute Gasteiger partial charge is 0.322 e. The van der Waals surface area contributed by atoms with Crippen LogP contribution in [0.15, 0.2) is 84.1 Å². The number of nitriles is 1. The molecular formula is C34H37N9O. The van der Waals surface area contributed by atoms with Crippen molar-refractivity contribution in [3.63, 3.8) is 0 Å². The first-order chi connectivity index (χ1) is 21.5. The number of amides is 2. The van der Waals surface area contributed by atoms with E-state index in [1.54, 1.807) is 10.9 Å². The average Bonchev–Trinajstić information content (AvgIpc) is 3.68. The van der Waals surface area contributed by atoms with Gasteiger partial charge in [0.1, 0.15) is 11.8 Å². The van der Waals surface area contributed by atoms with Crippen LogP contribution < -0.4 is 15.5 Å². The molecule has 44 heavy (non-hydrogen) atoms. The Morgan fingerprint density at radius 1 is 1.11 bits per heavy atom. The zero-order chi connectivity index (χ0) is 30.9. The number of urea groups is 1. The van der Waals surface area contributed by atoms with Gasteiger partial charge in [0.15, 0.2) is 0 Å². The van der Waals surface area contributed by atoms with E-state index in [9.17, 15) is 10.1 Å². The number of allylic oxidation sites excluding steroid dienone is 1. The molecule has 0 bridgehead atoms. The quantitative estimate of drug-likeness (QED) is 0.210.